The van der Waals surface area contributed by atoms with E-state index in [0.717, 1.165) is 5.56 Å². The van der Waals surface area contributed by atoms with Crippen LogP contribution in [0.1, 0.15) is 23.0 Å². The van der Waals surface area contributed by atoms with Gasteiger partial charge in [0, 0.05) is 28.6 Å². The van der Waals surface area contributed by atoms with E-state index in [1.165, 1.54) is 11.3 Å². The lowest BCUT2D eigenvalue weighted by Crippen LogP contribution is -2.70. The van der Waals surface area contributed by atoms with Crippen molar-refractivity contribution in [2.24, 2.45) is 0 Å². The first-order chi connectivity index (χ1) is 18.9. The molecule has 39 heavy (non-hydrogen) atoms. The van der Waals surface area contributed by atoms with Gasteiger partial charge >= 0.3 is 0 Å². The van der Waals surface area contributed by atoms with E-state index >= 15 is 0 Å². The number of hydrogen-bond acceptors (Lipinski definition) is 11. The molecular formula is C26H23ClN6O4S2. The summed E-state index contributed by atoms with van der Waals surface area (Å²) in [5.74, 6) is 0. The number of aromatic nitrogens is 4. The van der Waals surface area contributed by atoms with E-state index in [1.54, 1.807) is 41.6 Å². The monoisotopic (exact) mass is 582 g/mol. The molecule has 2 aliphatic rings. The van der Waals surface area contributed by atoms with Crippen molar-refractivity contribution in [2.75, 3.05) is 19.5 Å². The molecule has 2 saturated heterocycles. The molecule has 6 atom stereocenters. The average molecular weight is 583 g/mol. The van der Waals surface area contributed by atoms with Crippen molar-refractivity contribution in [3.63, 3.8) is 0 Å². The average Bonchev–Trinajstić information content (AvgIpc) is 3.62. The molecule has 0 radical (unpaired) electrons. The normalized spacial score (nSPS) is 28.5. The molecule has 4 aromatic rings. The highest BCUT2D eigenvalue weighted by Gasteiger charge is 2.63. The van der Waals surface area contributed by atoms with Gasteiger partial charge in [-0.3, -0.25) is 0 Å². The van der Waals surface area contributed by atoms with E-state index in [9.17, 15) is 5.26 Å². The van der Waals surface area contributed by atoms with Crippen LogP contribution in [0, 0.1) is 11.3 Å². The summed E-state index contributed by atoms with van der Waals surface area (Å²) < 4.78 is 26.8. The number of nitrogens with two attached hydrogens (primary N) is 1. The smallest absolute Gasteiger partial charge is 0.184 e. The first kappa shape index (κ1) is 26.2. The number of nitriles is 1. The van der Waals surface area contributed by atoms with Crippen molar-refractivity contribution in [3.05, 3.63) is 81.8 Å². The zero-order valence-electron chi connectivity index (χ0n) is 20.5. The molecule has 2 unspecified atom stereocenters. The van der Waals surface area contributed by atoms with Crippen LogP contribution in [0.3, 0.4) is 0 Å². The third-order valence-electron chi connectivity index (χ3n) is 6.98. The van der Waals surface area contributed by atoms with Crippen LogP contribution in [0.25, 0.3) is 11.4 Å². The number of nitrogen functional groups attached to an aromatic ring is 1. The highest BCUT2D eigenvalue weighted by Crippen LogP contribution is 2.50. The molecule has 0 spiro atoms. The minimum atomic E-state index is -1.30. The number of fused-ring (bicyclic) bond motifs is 1. The van der Waals surface area contributed by atoms with Crippen molar-refractivity contribution in [2.45, 2.75) is 35.6 Å². The maximum atomic E-state index is 10.2. The number of ether oxygens (including phenoxy) is 4. The Bertz CT molecular complexity index is 1530. The number of halogens is 1. The number of thiazole rings is 1. The highest BCUT2D eigenvalue weighted by atomic mass is 35.5. The summed E-state index contributed by atoms with van der Waals surface area (Å²) in [5, 5.41) is 21.8. The quantitative estimate of drug-likeness (QED) is 0.335. The van der Waals surface area contributed by atoms with Gasteiger partial charge in [0.25, 0.3) is 0 Å². The van der Waals surface area contributed by atoms with Crippen LogP contribution in [-0.2, 0) is 24.5 Å². The number of nitrogens with zero attached hydrogens (tertiary/aromatic N) is 5. The van der Waals surface area contributed by atoms with E-state index < -0.39 is 35.6 Å². The Morgan fingerprint density at radius 3 is 2.77 bits per heavy atom. The Kier molecular flexibility index (Phi) is 7.07. The molecule has 2 aromatic carbocycles. The van der Waals surface area contributed by atoms with E-state index in [0.29, 0.717) is 32.7 Å². The summed E-state index contributed by atoms with van der Waals surface area (Å²) in [6.45, 7) is 0.200. The number of hydrogen-bond donors (Lipinski definition) is 2. The Balaban J connectivity index is 1.60. The molecule has 200 valence electrons. The molecule has 0 amide bonds. The predicted molar refractivity (Wildman–Crippen MR) is 147 cm³/mol. The van der Waals surface area contributed by atoms with Gasteiger partial charge < -0.3 is 24.7 Å². The maximum absolute atomic E-state index is 10.2. The summed E-state index contributed by atoms with van der Waals surface area (Å²) in [5.41, 5.74) is 6.62. The van der Waals surface area contributed by atoms with Crippen LogP contribution < -0.4 is 5.73 Å². The highest BCUT2D eigenvalue weighted by molar-refractivity contribution is 7.80. The van der Waals surface area contributed by atoms with Crippen molar-refractivity contribution in [1.82, 2.24) is 20.0 Å². The second kappa shape index (κ2) is 10.5. The summed E-state index contributed by atoms with van der Waals surface area (Å²) in [6, 6.07) is 16.9. The fourth-order valence-corrected chi connectivity index (χ4v) is 6.58. The van der Waals surface area contributed by atoms with Crippen LogP contribution in [0.5, 0.6) is 0 Å². The molecule has 2 aromatic heterocycles. The van der Waals surface area contributed by atoms with Crippen LogP contribution in [0.15, 0.2) is 60.1 Å². The first-order valence-corrected chi connectivity index (χ1v) is 13.8. The molecule has 4 heterocycles. The van der Waals surface area contributed by atoms with Crippen molar-refractivity contribution in [3.8, 4) is 17.5 Å². The third-order valence-corrected chi connectivity index (χ3v) is 8.28. The lowest BCUT2D eigenvalue weighted by molar-refractivity contribution is -0.323. The Hall–Kier alpha value is -3.02. The van der Waals surface area contributed by atoms with Crippen LogP contribution >= 0.6 is 35.6 Å². The van der Waals surface area contributed by atoms with Gasteiger partial charge in [-0.15, -0.1) is 29.1 Å². The van der Waals surface area contributed by atoms with E-state index in [1.807, 2.05) is 30.3 Å². The zero-order valence-corrected chi connectivity index (χ0v) is 23.0. The van der Waals surface area contributed by atoms with Crippen molar-refractivity contribution < 1.29 is 18.9 Å². The van der Waals surface area contributed by atoms with E-state index in [2.05, 4.69) is 21.4 Å². The molecule has 0 aliphatic carbocycles. The molecule has 0 bridgehead atoms. The Morgan fingerprint density at radius 1 is 1.23 bits per heavy atom. The molecule has 2 fully saturated rings. The lowest BCUT2D eigenvalue weighted by Gasteiger charge is -2.55. The standard InChI is InChI=1S/C26H23ClN6O4S2/c1-34-22-24(38)36-20-12-35-23(14-5-3-2-4-6-14)37-21(20)26(22,17-9-16(27)8-7-15(17)10-28)33-11-18(31-32-33)19-13-39-25(29)30-19/h2-9,11,13,20-24,38H,12H2,1H3,(H2,29,30)/t20-,21+,22+,23?,24-,26?/m1/s1. The second-order valence-electron chi connectivity index (χ2n) is 9.10. The molecular weight excluding hydrogens is 560 g/mol. The van der Waals surface area contributed by atoms with Crippen LogP contribution in [0.4, 0.5) is 5.13 Å². The Labute approximate surface area is 238 Å². The molecule has 6 rings (SSSR count). The second-order valence-corrected chi connectivity index (χ2v) is 10.9. The minimum absolute atomic E-state index is 0.200. The summed E-state index contributed by atoms with van der Waals surface area (Å²) in [6.07, 6.45) is -1.12. The number of rotatable bonds is 5. The van der Waals surface area contributed by atoms with Crippen LogP contribution in [0.2, 0.25) is 5.02 Å². The third kappa shape index (κ3) is 4.40. The summed E-state index contributed by atoms with van der Waals surface area (Å²) in [4.78, 5) is 4.35. The van der Waals surface area contributed by atoms with Gasteiger partial charge in [0.05, 0.1) is 24.4 Å². The lowest BCUT2D eigenvalue weighted by atomic mass is 9.73. The van der Waals surface area contributed by atoms with Gasteiger partial charge in [0.1, 0.15) is 40.7 Å². The zero-order chi connectivity index (χ0) is 27.1. The largest absolute Gasteiger partial charge is 0.375 e. The number of thiol groups is 1. The topological polar surface area (TPSA) is 130 Å². The molecule has 10 nitrogen and oxygen atoms in total. The number of anilines is 1. The van der Waals surface area contributed by atoms with Crippen molar-refractivity contribution >= 4 is 40.7 Å². The maximum Gasteiger partial charge on any atom is 0.184 e. The van der Waals surface area contributed by atoms with Gasteiger partial charge in [-0.1, -0.05) is 47.1 Å². The number of benzene rings is 2. The molecule has 2 N–H and O–H groups in total. The summed E-state index contributed by atoms with van der Waals surface area (Å²) in [7, 11) is 1.55. The SMILES string of the molecule is CO[C@H]1[C@@H](S)O[C@@H]2COC(c3ccccc3)O[C@@H]2C1(c1cc(Cl)ccc1C#N)n1cc(-c2csc(N)n2)nn1. The van der Waals surface area contributed by atoms with Gasteiger partial charge in [-0.25, -0.2) is 9.67 Å². The van der Waals surface area contributed by atoms with E-state index in [4.69, 9.17) is 48.9 Å². The van der Waals surface area contributed by atoms with E-state index in [-0.39, 0.29) is 6.61 Å². The fraction of sp³-hybridized carbons (Fsp3) is 0.308. The van der Waals surface area contributed by atoms with Gasteiger partial charge in [-0.05, 0) is 18.2 Å². The van der Waals surface area contributed by atoms with Gasteiger partial charge in [0.15, 0.2) is 11.4 Å². The fourth-order valence-electron chi connectivity index (χ4n) is 5.34. The number of methoxy groups -OCH3 is 1. The summed E-state index contributed by atoms with van der Waals surface area (Å²) >= 11 is 12.6. The molecule has 0 saturated carbocycles. The Morgan fingerprint density at radius 2 is 2.05 bits per heavy atom. The van der Waals surface area contributed by atoms with Crippen molar-refractivity contribution in [1.29, 1.82) is 5.26 Å². The first-order valence-electron chi connectivity index (χ1n) is 12.0. The van der Waals surface area contributed by atoms with Crippen LogP contribution in [-0.4, -0.2) is 57.4 Å². The molecule has 13 heteroatoms. The van der Waals surface area contributed by atoms with Gasteiger partial charge in [-0.2, -0.15) is 5.26 Å². The minimum Gasteiger partial charge on any atom is -0.375 e. The molecule has 2 aliphatic heterocycles. The van der Waals surface area contributed by atoms with Gasteiger partial charge in [0.2, 0.25) is 0 Å². The predicted octanol–water partition coefficient (Wildman–Crippen LogP) is 4.04.